The summed E-state index contributed by atoms with van der Waals surface area (Å²) < 4.78 is 10.7. The van der Waals surface area contributed by atoms with Gasteiger partial charge in [0, 0.05) is 18.5 Å². The third-order valence-corrected chi connectivity index (χ3v) is 2.38. The first-order valence-electron chi connectivity index (χ1n) is 4.74. The summed E-state index contributed by atoms with van der Waals surface area (Å²) in [5, 5.41) is 1.13. The summed E-state index contributed by atoms with van der Waals surface area (Å²) >= 11 is 0. The molecule has 1 aliphatic heterocycles. The first-order chi connectivity index (χ1) is 6.93. The van der Waals surface area contributed by atoms with Gasteiger partial charge in [-0.05, 0) is 18.2 Å². The number of rotatable bonds is 3. The van der Waals surface area contributed by atoms with Gasteiger partial charge in [-0.25, -0.2) is 0 Å². The van der Waals surface area contributed by atoms with Gasteiger partial charge in [0.05, 0.1) is 6.61 Å². The molecule has 14 heavy (non-hydrogen) atoms. The summed E-state index contributed by atoms with van der Waals surface area (Å²) in [6, 6.07) is 8.04. The van der Waals surface area contributed by atoms with Gasteiger partial charge in [-0.3, -0.25) is 0 Å². The highest BCUT2D eigenvalue weighted by molar-refractivity contribution is 5.85. The molecule has 1 aromatic carbocycles. The number of aromatic amines is 1. The van der Waals surface area contributed by atoms with Crippen LogP contribution in [0.1, 0.15) is 1.43 Å². The predicted molar refractivity (Wildman–Crippen MR) is 55.6 cm³/mol. The van der Waals surface area contributed by atoms with Gasteiger partial charge in [0.25, 0.3) is 0 Å². The predicted octanol–water partition coefficient (Wildman–Crippen LogP) is 2.19. The molecule has 1 fully saturated rings. The highest BCUT2D eigenvalue weighted by Crippen LogP contribution is 2.25. The highest BCUT2D eigenvalue weighted by Gasteiger charge is 2.23. The van der Waals surface area contributed by atoms with E-state index in [1.807, 2.05) is 30.5 Å². The molecule has 3 heteroatoms. The smallest absolute Gasteiger partial charge is 0.128 e. The van der Waals surface area contributed by atoms with Gasteiger partial charge in [0.1, 0.15) is 18.5 Å². The van der Waals surface area contributed by atoms with Crippen molar-refractivity contribution in [3.8, 4) is 5.75 Å². The number of fused-ring (bicyclic) bond motifs is 1. The normalized spacial score (nSPS) is 19.9. The van der Waals surface area contributed by atoms with Crippen molar-refractivity contribution in [3.63, 3.8) is 0 Å². The summed E-state index contributed by atoms with van der Waals surface area (Å²) in [6.07, 6.45) is 2.23. The maximum atomic E-state index is 5.66. The Labute approximate surface area is 83.1 Å². The van der Waals surface area contributed by atoms with Crippen molar-refractivity contribution in [2.75, 3.05) is 13.2 Å². The molecule has 0 aliphatic carbocycles. The van der Waals surface area contributed by atoms with E-state index in [4.69, 9.17) is 9.47 Å². The molecule has 1 atom stereocenters. The van der Waals surface area contributed by atoms with E-state index >= 15 is 0 Å². The fourth-order valence-corrected chi connectivity index (χ4v) is 1.53. The number of epoxide rings is 1. The highest BCUT2D eigenvalue weighted by atomic mass is 16.6. The van der Waals surface area contributed by atoms with Crippen LogP contribution in [0.4, 0.5) is 0 Å². The molecule has 0 saturated carbocycles. The van der Waals surface area contributed by atoms with E-state index in [1.54, 1.807) is 0 Å². The molecule has 1 saturated heterocycles. The Morgan fingerprint density at radius 1 is 1.50 bits per heavy atom. The minimum atomic E-state index is 0. The Hall–Kier alpha value is -1.48. The van der Waals surface area contributed by atoms with E-state index in [0.717, 1.165) is 23.3 Å². The lowest BCUT2D eigenvalue weighted by Gasteiger charge is -2.04. The van der Waals surface area contributed by atoms with Gasteiger partial charge in [-0.1, -0.05) is 6.07 Å². The Bertz CT molecular complexity index is 451. The zero-order valence-corrected chi connectivity index (χ0v) is 7.69. The van der Waals surface area contributed by atoms with E-state index in [9.17, 15) is 0 Å². The molecule has 0 bridgehead atoms. The zero-order chi connectivity index (χ0) is 9.38. The number of H-pyrrole nitrogens is 1. The van der Waals surface area contributed by atoms with Crippen LogP contribution < -0.4 is 4.74 Å². The zero-order valence-electron chi connectivity index (χ0n) is 7.69. The monoisotopic (exact) mass is 191 g/mol. The molecule has 1 aliphatic rings. The summed E-state index contributed by atoms with van der Waals surface area (Å²) in [5.74, 6) is 0.930. The number of nitrogens with one attached hydrogen (secondary N) is 1. The second-order valence-corrected chi connectivity index (χ2v) is 3.46. The Morgan fingerprint density at radius 2 is 2.43 bits per heavy atom. The molecule has 3 nitrogen and oxygen atoms in total. The maximum absolute atomic E-state index is 5.66. The summed E-state index contributed by atoms with van der Waals surface area (Å²) in [6.45, 7) is 1.49. The van der Waals surface area contributed by atoms with Crippen molar-refractivity contribution in [1.29, 1.82) is 0 Å². The lowest BCUT2D eigenvalue weighted by Crippen LogP contribution is -2.03. The minimum absolute atomic E-state index is 0. The van der Waals surface area contributed by atoms with Crippen LogP contribution in [-0.2, 0) is 4.74 Å². The van der Waals surface area contributed by atoms with Crippen LogP contribution >= 0.6 is 0 Å². The van der Waals surface area contributed by atoms with Gasteiger partial charge in [0.2, 0.25) is 0 Å². The SMILES string of the molecule is [HH].c1cc(OCC2CO2)c2cc[nH]c2c1. The van der Waals surface area contributed by atoms with Crippen LogP contribution in [0.15, 0.2) is 30.5 Å². The molecule has 2 aromatic rings. The third-order valence-electron chi connectivity index (χ3n) is 2.38. The third kappa shape index (κ3) is 1.36. The fourth-order valence-electron chi connectivity index (χ4n) is 1.53. The second-order valence-electron chi connectivity index (χ2n) is 3.46. The summed E-state index contributed by atoms with van der Waals surface area (Å²) in [7, 11) is 0. The molecule has 0 spiro atoms. The lowest BCUT2D eigenvalue weighted by atomic mass is 10.2. The van der Waals surface area contributed by atoms with Crippen molar-refractivity contribution in [2.24, 2.45) is 0 Å². The molecular formula is C11H13NO2. The van der Waals surface area contributed by atoms with E-state index < -0.39 is 0 Å². The fraction of sp³-hybridized carbons (Fsp3) is 0.273. The maximum Gasteiger partial charge on any atom is 0.128 e. The van der Waals surface area contributed by atoms with Crippen LogP contribution in [-0.4, -0.2) is 24.3 Å². The number of hydrogen-bond acceptors (Lipinski definition) is 2. The first-order valence-corrected chi connectivity index (χ1v) is 4.74. The second kappa shape index (κ2) is 3.03. The van der Waals surface area contributed by atoms with Crippen molar-refractivity contribution >= 4 is 10.9 Å². The summed E-state index contributed by atoms with van der Waals surface area (Å²) in [5.41, 5.74) is 1.11. The van der Waals surface area contributed by atoms with Gasteiger partial charge >= 0.3 is 0 Å². The molecule has 0 radical (unpaired) electrons. The number of aromatic nitrogens is 1. The standard InChI is InChI=1S/C11H11NO2.H2/c1-2-10-9(4-5-12-10)11(3-1)14-7-8-6-13-8;/h1-5,8,12H,6-7H2;1H. The molecule has 1 N–H and O–H groups in total. The van der Waals surface area contributed by atoms with E-state index in [0.29, 0.717) is 12.7 Å². The molecule has 74 valence electrons. The van der Waals surface area contributed by atoms with E-state index in [1.165, 1.54) is 0 Å². The molecule has 0 amide bonds. The van der Waals surface area contributed by atoms with E-state index in [2.05, 4.69) is 4.98 Å². The topological polar surface area (TPSA) is 37.5 Å². The van der Waals surface area contributed by atoms with Crippen LogP contribution in [0.25, 0.3) is 10.9 Å². The van der Waals surface area contributed by atoms with Gasteiger partial charge in [-0.2, -0.15) is 0 Å². The van der Waals surface area contributed by atoms with Crippen molar-refractivity contribution in [1.82, 2.24) is 4.98 Å². The molecule has 1 unspecified atom stereocenters. The number of benzene rings is 1. The Morgan fingerprint density at radius 3 is 3.29 bits per heavy atom. The number of hydrogen-bond donors (Lipinski definition) is 1. The van der Waals surface area contributed by atoms with Crippen LogP contribution in [0, 0.1) is 0 Å². The van der Waals surface area contributed by atoms with Crippen LogP contribution in [0.3, 0.4) is 0 Å². The average Bonchev–Trinajstić information content (AvgIpc) is 2.91. The van der Waals surface area contributed by atoms with Crippen LogP contribution in [0.5, 0.6) is 5.75 Å². The molecular weight excluding hydrogens is 178 g/mol. The average molecular weight is 191 g/mol. The van der Waals surface area contributed by atoms with Crippen LogP contribution in [0.2, 0.25) is 0 Å². The summed E-state index contributed by atoms with van der Waals surface area (Å²) in [4.78, 5) is 3.15. The Balaban J connectivity index is 0.000000853. The molecule has 1 aromatic heterocycles. The van der Waals surface area contributed by atoms with Crippen molar-refractivity contribution in [2.45, 2.75) is 6.10 Å². The Kier molecular flexibility index (Phi) is 1.70. The molecule has 2 heterocycles. The van der Waals surface area contributed by atoms with Gasteiger partial charge < -0.3 is 14.5 Å². The largest absolute Gasteiger partial charge is 0.490 e. The van der Waals surface area contributed by atoms with Gasteiger partial charge in [0.15, 0.2) is 0 Å². The lowest BCUT2D eigenvalue weighted by molar-refractivity contribution is 0.265. The minimum Gasteiger partial charge on any atom is -0.490 e. The first kappa shape index (κ1) is 7.88. The van der Waals surface area contributed by atoms with Crippen molar-refractivity contribution < 1.29 is 10.9 Å². The molecule has 3 rings (SSSR count). The van der Waals surface area contributed by atoms with Gasteiger partial charge in [-0.15, -0.1) is 0 Å². The van der Waals surface area contributed by atoms with E-state index in [-0.39, 0.29) is 1.43 Å². The number of ether oxygens (including phenoxy) is 2. The van der Waals surface area contributed by atoms with Crippen molar-refractivity contribution in [3.05, 3.63) is 30.5 Å². The quantitative estimate of drug-likeness (QED) is 0.755.